The molecule has 2 aromatic rings. The zero-order valence-electron chi connectivity index (χ0n) is 11.7. The largest absolute Gasteiger partial charge is 0.354 e. The molecule has 1 nitrogen and oxygen atoms in total. The van der Waals surface area contributed by atoms with E-state index in [1.54, 1.807) is 0 Å². The summed E-state index contributed by atoms with van der Waals surface area (Å²) in [7, 11) is 2.11. The molecule has 90 valence electrons. The first-order valence-electron chi connectivity index (χ1n) is 6.12. The SMILES string of the molecule is Cc1cc(C)c(C)c(-c2cn(C)c(C)c2C)c1. The van der Waals surface area contributed by atoms with E-state index in [0.717, 1.165) is 0 Å². The topological polar surface area (TPSA) is 4.93 Å². The van der Waals surface area contributed by atoms with Gasteiger partial charge >= 0.3 is 0 Å². The fourth-order valence-electron chi connectivity index (χ4n) is 2.44. The van der Waals surface area contributed by atoms with Crippen molar-refractivity contribution in [2.75, 3.05) is 0 Å². The maximum atomic E-state index is 2.30. The summed E-state index contributed by atoms with van der Waals surface area (Å²) in [6.07, 6.45) is 2.24. The standard InChI is InChI=1S/C16H21N/c1-10-7-11(2)12(3)15(8-10)16-9-17(6)14(5)13(16)4/h7-9H,1-6H3. The highest BCUT2D eigenvalue weighted by atomic mass is 14.9. The third-order valence-corrected chi connectivity index (χ3v) is 3.90. The van der Waals surface area contributed by atoms with E-state index in [4.69, 9.17) is 0 Å². The van der Waals surface area contributed by atoms with Crippen molar-refractivity contribution in [2.45, 2.75) is 34.6 Å². The molecule has 0 bridgehead atoms. The number of hydrogen-bond donors (Lipinski definition) is 0. The number of aromatic nitrogens is 1. The quantitative estimate of drug-likeness (QED) is 0.687. The van der Waals surface area contributed by atoms with Crippen LogP contribution >= 0.6 is 0 Å². The highest BCUT2D eigenvalue weighted by Gasteiger charge is 2.12. The van der Waals surface area contributed by atoms with Gasteiger partial charge in [-0.1, -0.05) is 17.7 Å². The number of hydrogen-bond acceptors (Lipinski definition) is 0. The lowest BCUT2D eigenvalue weighted by Crippen LogP contribution is -1.90. The maximum Gasteiger partial charge on any atom is 0.0176 e. The summed E-state index contributed by atoms with van der Waals surface area (Å²) in [5.41, 5.74) is 9.59. The van der Waals surface area contributed by atoms with Crippen LogP contribution in [-0.2, 0) is 7.05 Å². The zero-order chi connectivity index (χ0) is 12.7. The van der Waals surface area contributed by atoms with E-state index in [1.165, 1.54) is 39.1 Å². The van der Waals surface area contributed by atoms with Crippen molar-refractivity contribution in [3.8, 4) is 11.1 Å². The minimum absolute atomic E-state index is 1.34. The second-order valence-electron chi connectivity index (χ2n) is 5.12. The Morgan fingerprint density at radius 1 is 0.824 bits per heavy atom. The molecule has 0 saturated heterocycles. The van der Waals surface area contributed by atoms with Gasteiger partial charge in [0.05, 0.1) is 0 Å². The average molecular weight is 227 g/mol. The predicted octanol–water partition coefficient (Wildman–Crippen LogP) is 4.23. The molecule has 0 aliphatic heterocycles. The van der Waals surface area contributed by atoms with Gasteiger partial charge in [0.1, 0.15) is 0 Å². The van der Waals surface area contributed by atoms with Crippen LogP contribution < -0.4 is 0 Å². The summed E-state index contributed by atoms with van der Waals surface area (Å²) in [6.45, 7) is 11.0. The van der Waals surface area contributed by atoms with E-state index >= 15 is 0 Å². The van der Waals surface area contributed by atoms with E-state index in [1.807, 2.05) is 0 Å². The van der Waals surface area contributed by atoms with Crippen LogP contribution in [0.5, 0.6) is 0 Å². The van der Waals surface area contributed by atoms with Crippen molar-refractivity contribution in [1.82, 2.24) is 4.57 Å². The molecule has 0 N–H and O–H groups in total. The van der Waals surface area contributed by atoms with Gasteiger partial charge in [0, 0.05) is 24.5 Å². The Kier molecular flexibility index (Phi) is 2.86. The molecule has 0 atom stereocenters. The van der Waals surface area contributed by atoms with Crippen molar-refractivity contribution < 1.29 is 0 Å². The van der Waals surface area contributed by atoms with Crippen molar-refractivity contribution in [2.24, 2.45) is 7.05 Å². The Balaban J connectivity index is 2.72. The first-order chi connectivity index (χ1) is 7.91. The normalized spacial score (nSPS) is 10.9. The maximum absolute atomic E-state index is 2.30. The Bertz CT molecular complexity index is 574. The van der Waals surface area contributed by atoms with Gasteiger partial charge in [0.15, 0.2) is 0 Å². The van der Waals surface area contributed by atoms with Gasteiger partial charge in [-0.05, 0) is 56.9 Å². The molecule has 0 fully saturated rings. The van der Waals surface area contributed by atoms with E-state index in [9.17, 15) is 0 Å². The molecular formula is C16H21N. The molecule has 17 heavy (non-hydrogen) atoms. The van der Waals surface area contributed by atoms with Gasteiger partial charge in [-0.15, -0.1) is 0 Å². The monoisotopic (exact) mass is 227 g/mol. The first kappa shape index (κ1) is 12.0. The minimum atomic E-state index is 1.34. The molecule has 0 aliphatic carbocycles. The lowest BCUT2D eigenvalue weighted by molar-refractivity contribution is 0.877. The summed E-state index contributed by atoms with van der Waals surface area (Å²) in [4.78, 5) is 0. The van der Waals surface area contributed by atoms with Crippen molar-refractivity contribution >= 4 is 0 Å². The Morgan fingerprint density at radius 3 is 2.00 bits per heavy atom. The van der Waals surface area contributed by atoms with Crippen LogP contribution in [0.3, 0.4) is 0 Å². The number of benzene rings is 1. The van der Waals surface area contributed by atoms with Gasteiger partial charge in [-0.25, -0.2) is 0 Å². The summed E-state index contributed by atoms with van der Waals surface area (Å²) < 4.78 is 2.21. The van der Waals surface area contributed by atoms with Crippen LogP contribution in [0.15, 0.2) is 18.3 Å². The molecule has 0 amide bonds. The second-order valence-corrected chi connectivity index (χ2v) is 5.12. The minimum Gasteiger partial charge on any atom is -0.354 e. The van der Waals surface area contributed by atoms with Gasteiger partial charge < -0.3 is 4.57 Å². The van der Waals surface area contributed by atoms with Crippen molar-refractivity contribution in [3.05, 3.63) is 46.3 Å². The smallest absolute Gasteiger partial charge is 0.0176 e. The van der Waals surface area contributed by atoms with E-state index in [0.29, 0.717) is 0 Å². The van der Waals surface area contributed by atoms with Crippen LogP contribution in [0.1, 0.15) is 27.9 Å². The van der Waals surface area contributed by atoms with E-state index < -0.39 is 0 Å². The predicted molar refractivity (Wildman–Crippen MR) is 74.5 cm³/mol. The second kappa shape index (κ2) is 4.06. The van der Waals surface area contributed by atoms with Crippen LogP contribution in [0.25, 0.3) is 11.1 Å². The lowest BCUT2D eigenvalue weighted by atomic mass is 9.94. The molecule has 0 radical (unpaired) electrons. The molecule has 2 rings (SSSR count). The van der Waals surface area contributed by atoms with Gasteiger partial charge in [0.2, 0.25) is 0 Å². The van der Waals surface area contributed by atoms with Crippen LogP contribution in [0.4, 0.5) is 0 Å². The number of rotatable bonds is 1. The molecule has 1 aromatic heterocycles. The molecule has 0 spiro atoms. The molecule has 1 aromatic carbocycles. The zero-order valence-corrected chi connectivity index (χ0v) is 11.7. The molecule has 1 heterocycles. The third kappa shape index (κ3) is 1.90. The van der Waals surface area contributed by atoms with E-state index in [2.05, 4.69) is 64.6 Å². The highest BCUT2D eigenvalue weighted by Crippen LogP contribution is 2.31. The molecule has 0 aliphatic rings. The molecule has 0 unspecified atom stereocenters. The summed E-state index contributed by atoms with van der Waals surface area (Å²) in [6, 6.07) is 4.55. The van der Waals surface area contributed by atoms with Crippen molar-refractivity contribution in [1.29, 1.82) is 0 Å². The van der Waals surface area contributed by atoms with Gasteiger partial charge in [-0.3, -0.25) is 0 Å². The van der Waals surface area contributed by atoms with E-state index in [-0.39, 0.29) is 0 Å². The van der Waals surface area contributed by atoms with Crippen LogP contribution in [0, 0.1) is 34.6 Å². The number of aryl methyl sites for hydroxylation is 3. The fourth-order valence-corrected chi connectivity index (χ4v) is 2.44. The summed E-state index contributed by atoms with van der Waals surface area (Å²) in [5, 5.41) is 0. The van der Waals surface area contributed by atoms with Crippen LogP contribution in [0.2, 0.25) is 0 Å². The van der Waals surface area contributed by atoms with Crippen molar-refractivity contribution in [3.63, 3.8) is 0 Å². The van der Waals surface area contributed by atoms with Crippen LogP contribution in [-0.4, -0.2) is 4.57 Å². The van der Waals surface area contributed by atoms with Gasteiger partial charge in [0.25, 0.3) is 0 Å². The lowest BCUT2D eigenvalue weighted by Gasteiger charge is -2.10. The Morgan fingerprint density at radius 2 is 1.47 bits per heavy atom. The molecule has 0 saturated carbocycles. The highest BCUT2D eigenvalue weighted by molar-refractivity contribution is 5.73. The third-order valence-electron chi connectivity index (χ3n) is 3.90. The Labute approximate surface area is 104 Å². The summed E-state index contributed by atoms with van der Waals surface area (Å²) >= 11 is 0. The Hall–Kier alpha value is -1.50. The number of nitrogens with zero attached hydrogens (tertiary/aromatic N) is 1. The molecule has 1 heteroatoms. The van der Waals surface area contributed by atoms with Gasteiger partial charge in [-0.2, -0.15) is 0 Å². The first-order valence-corrected chi connectivity index (χ1v) is 6.12. The molecular weight excluding hydrogens is 206 g/mol. The fraction of sp³-hybridized carbons (Fsp3) is 0.375. The average Bonchev–Trinajstić information content (AvgIpc) is 2.51. The summed E-state index contributed by atoms with van der Waals surface area (Å²) in [5.74, 6) is 0.